The van der Waals surface area contributed by atoms with E-state index >= 15 is 0 Å². The molecule has 4 rings (SSSR count). The molecule has 3 heterocycles. The number of aromatic nitrogens is 4. The topological polar surface area (TPSA) is 169 Å². The molecule has 13 nitrogen and oxygen atoms in total. The van der Waals surface area contributed by atoms with Crippen LogP contribution in [0.2, 0.25) is 0 Å². The van der Waals surface area contributed by atoms with Crippen molar-refractivity contribution in [1.82, 2.24) is 24.6 Å². The highest BCUT2D eigenvalue weighted by Gasteiger charge is 2.28. The number of hydrogen-bond acceptors (Lipinski definition) is 9. The Morgan fingerprint density at radius 1 is 1.14 bits per heavy atom. The maximum absolute atomic E-state index is 12.3. The van der Waals surface area contributed by atoms with Crippen LogP contribution >= 0.6 is 0 Å². The smallest absolute Gasteiger partial charge is 0.410 e. The zero-order chi connectivity index (χ0) is 31.3. The summed E-state index contributed by atoms with van der Waals surface area (Å²) in [6.07, 6.45) is 5.82. The summed E-state index contributed by atoms with van der Waals surface area (Å²) in [6.45, 7) is 11.5. The number of nitro groups is 1. The molecule has 1 saturated heterocycles. The number of likely N-dealkylation sites (tertiary alicyclic amines) is 1. The summed E-state index contributed by atoms with van der Waals surface area (Å²) in [5, 5.41) is 16.7. The van der Waals surface area contributed by atoms with Gasteiger partial charge in [0.25, 0.3) is 0 Å². The lowest BCUT2D eigenvalue weighted by molar-refractivity contribution is -0.385. The fourth-order valence-corrected chi connectivity index (χ4v) is 5.12. The number of rotatable bonds is 10. The van der Waals surface area contributed by atoms with E-state index in [2.05, 4.69) is 15.1 Å². The number of ether oxygens (including phenoxy) is 2. The molecule has 0 spiro atoms. The summed E-state index contributed by atoms with van der Waals surface area (Å²) in [6, 6.07) is 4.54. The van der Waals surface area contributed by atoms with Gasteiger partial charge in [0.1, 0.15) is 11.3 Å². The van der Waals surface area contributed by atoms with E-state index in [9.17, 15) is 19.7 Å². The Morgan fingerprint density at radius 2 is 1.81 bits per heavy atom. The van der Waals surface area contributed by atoms with Crippen molar-refractivity contribution < 1.29 is 24.0 Å². The predicted octanol–water partition coefficient (Wildman–Crippen LogP) is 5.15. The van der Waals surface area contributed by atoms with Crippen LogP contribution in [-0.4, -0.2) is 66.9 Å². The van der Waals surface area contributed by atoms with E-state index in [-0.39, 0.29) is 35.3 Å². The number of nitro benzene ring substituents is 1. The molecule has 13 heteroatoms. The number of amides is 2. The number of hydrogen-bond donors (Lipinski definition) is 1. The van der Waals surface area contributed by atoms with Gasteiger partial charge in [-0.2, -0.15) is 5.10 Å². The van der Waals surface area contributed by atoms with E-state index in [0.717, 1.165) is 30.7 Å². The molecule has 43 heavy (non-hydrogen) atoms. The SMILES string of the molecule is CCn1nc(C)cc1-c1ncc(-c2cc(C(N)=O)cc(OCCCC3CCN(C(=O)OC(C)(C)C)CC3)c2[N+](=O)[O-])cn1. The molecule has 230 valence electrons. The molecule has 0 atom stereocenters. The molecule has 1 aliphatic rings. The number of benzene rings is 1. The highest BCUT2D eigenvalue weighted by molar-refractivity contribution is 5.96. The first kappa shape index (κ1) is 31.4. The van der Waals surface area contributed by atoms with Gasteiger partial charge >= 0.3 is 11.8 Å². The summed E-state index contributed by atoms with van der Waals surface area (Å²) >= 11 is 0. The van der Waals surface area contributed by atoms with Crippen molar-refractivity contribution in [2.75, 3.05) is 19.7 Å². The van der Waals surface area contributed by atoms with Crippen LogP contribution in [0, 0.1) is 23.0 Å². The van der Waals surface area contributed by atoms with Gasteiger partial charge in [-0.25, -0.2) is 14.8 Å². The average Bonchev–Trinajstić information content (AvgIpc) is 3.34. The average molecular weight is 594 g/mol. The van der Waals surface area contributed by atoms with Crippen molar-refractivity contribution in [3.8, 4) is 28.4 Å². The van der Waals surface area contributed by atoms with Crippen molar-refractivity contribution in [3.05, 3.63) is 52.0 Å². The fourth-order valence-electron chi connectivity index (χ4n) is 5.12. The van der Waals surface area contributed by atoms with Gasteiger partial charge in [-0.3, -0.25) is 19.6 Å². The Balaban J connectivity index is 1.45. The van der Waals surface area contributed by atoms with Crippen molar-refractivity contribution in [2.24, 2.45) is 11.7 Å². The van der Waals surface area contributed by atoms with Crippen LogP contribution in [-0.2, 0) is 11.3 Å². The molecule has 2 amide bonds. The molecule has 0 unspecified atom stereocenters. The number of carbonyl (C=O) groups is 2. The van der Waals surface area contributed by atoms with Crippen LogP contribution in [0.3, 0.4) is 0 Å². The van der Waals surface area contributed by atoms with Crippen molar-refractivity contribution in [1.29, 1.82) is 0 Å². The van der Waals surface area contributed by atoms with Crippen LogP contribution in [0.15, 0.2) is 30.6 Å². The quantitative estimate of drug-likeness (QED) is 0.190. The molecule has 0 bridgehead atoms. The van der Waals surface area contributed by atoms with Gasteiger partial charge in [-0.05, 0) is 78.4 Å². The van der Waals surface area contributed by atoms with Gasteiger partial charge in [-0.15, -0.1) is 0 Å². The summed E-state index contributed by atoms with van der Waals surface area (Å²) in [7, 11) is 0. The van der Waals surface area contributed by atoms with Crippen molar-refractivity contribution in [2.45, 2.75) is 72.4 Å². The van der Waals surface area contributed by atoms with E-state index in [0.29, 0.717) is 43.4 Å². The Bertz CT molecular complexity index is 1470. The summed E-state index contributed by atoms with van der Waals surface area (Å²) in [4.78, 5) is 46.7. The van der Waals surface area contributed by atoms with Crippen LogP contribution < -0.4 is 10.5 Å². The first-order valence-corrected chi connectivity index (χ1v) is 14.5. The zero-order valence-electron chi connectivity index (χ0n) is 25.3. The van der Waals surface area contributed by atoms with Gasteiger partial charge in [0.05, 0.1) is 22.8 Å². The molecule has 1 aromatic carbocycles. The van der Waals surface area contributed by atoms with Gasteiger partial charge < -0.3 is 20.1 Å². The third-order valence-electron chi connectivity index (χ3n) is 7.22. The largest absolute Gasteiger partial charge is 0.487 e. The minimum atomic E-state index is -0.738. The Morgan fingerprint density at radius 3 is 2.40 bits per heavy atom. The molecule has 0 aliphatic carbocycles. The molecule has 2 N–H and O–H groups in total. The van der Waals surface area contributed by atoms with E-state index in [4.69, 9.17) is 15.2 Å². The third kappa shape index (κ3) is 7.85. The molecule has 2 aromatic heterocycles. The van der Waals surface area contributed by atoms with Crippen molar-refractivity contribution in [3.63, 3.8) is 0 Å². The first-order valence-electron chi connectivity index (χ1n) is 14.5. The lowest BCUT2D eigenvalue weighted by Gasteiger charge is -2.33. The van der Waals surface area contributed by atoms with E-state index in [1.807, 2.05) is 40.7 Å². The standard InChI is InChI=1S/C30H39N7O6/c1-6-36-24(14-19(2)34-36)28-32-17-22(18-33-28)23-15-21(27(31)38)16-25(26(23)37(40)41)42-13-7-8-20-9-11-35(12-10-20)29(39)43-30(3,4)5/h14-18,20H,6-13H2,1-5H3,(H2,31,38). The highest BCUT2D eigenvalue weighted by Crippen LogP contribution is 2.39. The monoisotopic (exact) mass is 593 g/mol. The number of carbonyl (C=O) groups excluding carboxylic acids is 2. The van der Waals surface area contributed by atoms with Crippen LogP contribution in [0.1, 0.15) is 69.4 Å². The van der Waals surface area contributed by atoms with Gasteiger partial charge in [0.2, 0.25) is 5.91 Å². The summed E-state index contributed by atoms with van der Waals surface area (Å²) < 4.78 is 13.1. The fraction of sp³-hybridized carbons (Fsp3) is 0.500. The van der Waals surface area contributed by atoms with Gasteiger partial charge in [-0.1, -0.05) is 0 Å². The second-order valence-corrected chi connectivity index (χ2v) is 11.7. The molecule has 3 aromatic rings. The van der Waals surface area contributed by atoms with Gasteiger partial charge in [0, 0.05) is 49.2 Å². The predicted molar refractivity (Wildman–Crippen MR) is 160 cm³/mol. The maximum atomic E-state index is 12.3. The lowest BCUT2D eigenvalue weighted by Crippen LogP contribution is -2.41. The molecule has 1 fully saturated rings. The number of nitrogens with zero attached hydrogens (tertiary/aromatic N) is 6. The molecule has 0 radical (unpaired) electrons. The van der Waals surface area contributed by atoms with Gasteiger partial charge in [0.15, 0.2) is 11.6 Å². The van der Waals surface area contributed by atoms with E-state index < -0.39 is 16.4 Å². The Hall–Kier alpha value is -4.55. The third-order valence-corrected chi connectivity index (χ3v) is 7.22. The molecule has 0 saturated carbocycles. The van der Waals surface area contributed by atoms with E-state index in [1.54, 1.807) is 9.58 Å². The highest BCUT2D eigenvalue weighted by atomic mass is 16.6. The zero-order valence-corrected chi connectivity index (χ0v) is 25.3. The molecular weight excluding hydrogens is 554 g/mol. The minimum absolute atomic E-state index is 0.0418. The second-order valence-electron chi connectivity index (χ2n) is 11.7. The molecule has 1 aliphatic heterocycles. The number of nitrogens with two attached hydrogens (primary N) is 1. The number of piperidine rings is 1. The van der Waals surface area contributed by atoms with Crippen LogP contribution in [0.5, 0.6) is 5.75 Å². The first-order chi connectivity index (χ1) is 20.4. The molecular formula is C30H39N7O6. The Kier molecular flexibility index (Phi) is 9.62. The second kappa shape index (κ2) is 13.2. The van der Waals surface area contributed by atoms with Crippen molar-refractivity contribution >= 4 is 17.7 Å². The maximum Gasteiger partial charge on any atom is 0.410 e. The van der Waals surface area contributed by atoms with Crippen LogP contribution in [0.4, 0.5) is 10.5 Å². The minimum Gasteiger partial charge on any atom is -0.487 e. The van der Waals surface area contributed by atoms with Crippen LogP contribution in [0.25, 0.3) is 22.6 Å². The lowest BCUT2D eigenvalue weighted by atomic mass is 9.92. The summed E-state index contributed by atoms with van der Waals surface area (Å²) in [5.74, 6) is 0.0407. The normalized spacial score (nSPS) is 14.0. The number of aryl methyl sites for hydroxylation is 2. The summed E-state index contributed by atoms with van der Waals surface area (Å²) in [5.41, 5.74) is 6.85. The van der Waals surface area contributed by atoms with E-state index in [1.165, 1.54) is 24.5 Å². The Labute approximate surface area is 250 Å². The number of primary amides is 1.